The van der Waals surface area contributed by atoms with Crippen molar-refractivity contribution in [3.63, 3.8) is 0 Å². The minimum Gasteiger partial charge on any atom is -0.377 e. The first kappa shape index (κ1) is 15.6. The van der Waals surface area contributed by atoms with Gasteiger partial charge in [-0.3, -0.25) is 0 Å². The average Bonchev–Trinajstić information content (AvgIpc) is 2.77. The van der Waals surface area contributed by atoms with Crippen LogP contribution in [0.2, 0.25) is 0 Å². The summed E-state index contributed by atoms with van der Waals surface area (Å²) < 4.78 is 10.8. The van der Waals surface area contributed by atoms with Gasteiger partial charge in [0.1, 0.15) is 18.4 Å². The number of rotatable bonds is 1. The second kappa shape index (κ2) is 7.82. The van der Waals surface area contributed by atoms with E-state index in [4.69, 9.17) is 4.74 Å². The van der Waals surface area contributed by atoms with Gasteiger partial charge in [0.05, 0.1) is 13.2 Å². The van der Waals surface area contributed by atoms with Crippen LogP contribution in [0.25, 0.3) is 0 Å². The van der Waals surface area contributed by atoms with Gasteiger partial charge in [-0.2, -0.15) is 0 Å². The van der Waals surface area contributed by atoms with Crippen LogP contribution in [-0.2, 0) is 11.3 Å². The Morgan fingerprint density at radius 3 is 2.60 bits per heavy atom. The zero-order chi connectivity index (χ0) is 14.4. The zero-order valence-corrected chi connectivity index (χ0v) is 13.5. The summed E-state index contributed by atoms with van der Waals surface area (Å²) in [5.74, 6) is 1.96. The Morgan fingerprint density at radius 1 is 1.15 bits per heavy atom. The Kier molecular flexibility index (Phi) is 6.08. The summed E-state index contributed by atoms with van der Waals surface area (Å²) >= 11 is 0. The van der Waals surface area contributed by atoms with E-state index in [2.05, 4.69) is 42.3 Å². The van der Waals surface area contributed by atoms with Crippen molar-refractivity contribution in [2.45, 2.75) is 71.9 Å². The van der Waals surface area contributed by atoms with Gasteiger partial charge in [-0.25, -0.2) is 9.13 Å². The Bertz CT molecular complexity index is 398. The number of hydrogen-bond donors (Lipinski definition) is 0. The summed E-state index contributed by atoms with van der Waals surface area (Å²) in [4.78, 5) is 0. The molecule has 0 spiro atoms. The Balaban J connectivity index is 2.12. The van der Waals surface area contributed by atoms with E-state index in [0.29, 0.717) is 12.0 Å². The van der Waals surface area contributed by atoms with Gasteiger partial charge in [-0.05, 0) is 25.2 Å². The fourth-order valence-electron chi connectivity index (χ4n) is 3.09. The maximum Gasteiger partial charge on any atom is 0.253 e. The molecule has 0 saturated carbocycles. The first-order valence-electron chi connectivity index (χ1n) is 8.35. The second-order valence-corrected chi connectivity index (χ2v) is 6.45. The normalized spacial score (nSPS) is 22.7. The van der Waals surface area contributed by atoms with E-state index in [0.717, 1.165) is 19.8 Å². The van der Waals surface area contributed by atoms with Gasteiger partial charge in [-0.15, -0.1) is 0 Å². The maximum atomic E-state index is 5.94. The lowest BCUT2D eigenvalue weighted by molar-refractivity contribution is -0.703. The van der Waals surface area contributed by atoms with E-state index in [9.17, 15) is 0 Å². The third-order valence-electron chi connectivity index (χ3n) is 4.55. The van der Waals surface area contributed by atoms with E-state index in [1.807, 2.05) is 0 Å². The summed E-state index contributed by atoms with van der Waals surface area (Å²) in [6.07, 6.45) is 12.4. The van der Waals surface area contributed by atoms with Crippen molar-refractivity contribution in [2.24, 2.45) is 5.92 Å². The summed E-state index contributed by atoms with van der Waals surface area (Å²) in [6.45, 7) is 9.74. The summed E-state index contributed by atoms with van der Waals surface area (Å²) in [7, 11) is 0. The fourth-order valence-corrected chi connectivity index (χ4v) is 3.09. The van der Waals surface area contributed by atoms with Crippen molar-refractivity contribution < 1.29 is 9.30 Å². The van der Waals surface area contributed by atoms with Gasteiger partial charge in [-0.1, -0.05) is 33.1 Å². The van der Waals surface area contributed by atoms with Crippen LogP contribution in [0.15, 0.2) is 12.4 Å². The van der Waals surface area contributed by atoms with E-state index in [1.165, 1.54) is 44.3 Å². The Morgan fingerprint density at radius 2 is 1.85 bits per heavy atom. The molecule has 1 aromatic rings. The SMILES string of the molecule is Cc1n2cc[n+]1CCCCCCCCOCC2C(C)C. The number of imidazole rings is 1. The molecule has 0 fully saturated rings. The smallest absolute Gasteiger partial charge is 0.253 e. The van der Waals surface area contributed by atoms with E-state index in [-0.39, 0.29) is 0 Å². The summed E-state index contributed by atoms with van der Waals surface area (Å²) in [6, 6.07) is 0.458. The molecule has 1 aliphatic heterocycles. The highest BCUT2D eigenvalue weighted by molar-refractivity contribution is 4.86. The Labute approximate surface area is 123 Å². The minimum absolute atomic E-state index is 0.458. The predicted molar refractivity (Wildman–Crippen MR) is 81.8 cm³/mol. The van der Waals surface area contributed by atoms with Gasteiger partial charge >= 0.3 is 0 Å². The molecule has 2 rings (SSSR count). The van der Waals surface area contributed by atoms with E-state index in [1.54, 1.807) is 0 Å². The van der Waals surface area contributed by atoms with Crippen molar-refractivity contribution in [1.82, 2.24) is 4.57 Å². The van der Waals surface area contributed by atoms with E-state index < -0.39 is 0 Å². The topological polar surface area (TPSA) is 18.0 Å². The van der Waals surface area contributed by atoms with Crippen LogP contribution in [0.3, 0.4) is 0 Å². The molecule has 0 aliphatic carbocycles. The third-order valence-corrected chi connectivity index (χ3v) is 4.55. The number of hydrogen-bond acceptors (Lipinski definition) is 1. The van der Waals surface area contributed by atoms with Crippen molar-refractivity contribution in [2.75, 3.05) is 13.2 Å². The number of aryl methyl sites for hydroxylation is 1. The molecule has 0 radical (unpaired) electrons. The molecule has 0 amide bonds. The molecular weight excluding hydrogens is 248 g/mol. The van der Waals surface area contributed by atoms with Gasteiger partial charge in [0.2, 0.25) is 0 Å². The molecule has 20 heavy (non-hydrogen) atoms. The lowest BCUT2D eigenvalue weighted by Crippen LogP contribution is -2.36. The first-order chi connectivity index (χ1) is 9.70. The van der Waals surface area contributed by atoms with Crippen molar-refractivity contribution in [3.8, 4) is 0 Å². The van der Waals surface area contributed by atoms with Crippen LogP contribution < -0.4 is 4.57 Å². The standard InChI is InChI=1S/C17H31N2O/c1-15(2)17-14-20-13-9-7-5-4-6-8-10-18-11-12-19(17)16(18)3/h11-12,15,17H,4-10,13-14H2,1-3H3/q+1. The van der Waals surface area contributed by atoms with Crippen LogP contribution in [0, 0.1) is 12.8 Å². The quantitative estimate of drug-likeness (QED) is 0.718. The van der Waals surface area contributed by atoms with Crippen molar-refractivity contribution in [1.29, 1.82) is 0 Å². The lowest BCUT2D eigenvalue weighted by atomic mass is 10.1. The first-order valence-corrected chi connectivity index (χ1v) is 8.35. The van der Waals surface area contributed by atoms with Gasteiger partial charge in [0, 0.05) is 13.5 Å². The predicted octanol–water partition coefficient (Wildman–Crippen LogP) is 3.65. The molecule has 2 bridgehead atoms. The van der Waals surface area contributed by atoms with Crippen LogP contribution in [0.4, 0.5) is 0 Å². The highest BCUT2D eigenvalue weighted by atomic mass is 16.5. The van der Waals surface area contributed by atoms with Gasteiger partial charge < -0.3 is 4.74 Å². The largest absolute Gasteiger partial charge is 0.377 e. The number of fused-ring (bicyclic) bond motifs is 2. The van der Waals surface area contributed by atoms with Gasteiger partial charge in [0.15, 0.2) is 0 Å². The minimum atomic E-state index is 0.458. The van der Waals surface area contributed by atoms with Crippen molar-refractivity contribution >= 4 is 0 Å². The number of aromatic nitrogens is 2. The molecule has 3 heteroatoms. The molecule has 3 nitrogen and oxygen atoms in total. The van der Waals surface area contributed by atoms with E-state index >= 15 is 0 Å². The lowest BCUT2D eigenvalue weighted by Gasteiger charge is -2.19. The molecule has 1 aliphatic rings. The maximum absolute atomic E-state index is 5.94. The molecule has 0 N–H and O–H groups in total. The second-order valence-electron chi connectivity index (χ2n) is 6.45. The molecule has 114 valence electrons. The van der Waals surface area contributed by atoms with Crippen LogP contribution in [0.1, 0.15) is 64.2 Å². The van der Waals surface area contributed by atoms with Crippen LogP contribution in [-0.4, -0.2) is 17.8 Å². The molecule has 0 saturated heterocycles. The number of nitrogens with zero attached hydrogens (tertiary/aromatic N) is 2. The fraction of sp³-hybridized carbons (Fsp3) is 0.824. The van der Waals surface area contributed by atoms with Crippen LogP contribution in [0.5, 0.6) is 0 Å². The zero-order valence-electron chi connectivity index (χ0n) is 13.5. The highest BCUT2D eigenvalue weighted by Crippen LogP contribution is 2.20. The Hall–Kier alpha value is -0.830. The van der Waals surface area contributed by atoms with Gasteiger partial charge in [0.25, 0.3) is 5.82 Å². The molecule has 0 aromatic carbocycles. The molecule has 2 heterocycles. The summed E-state index contributed by atoms with van der Waals surface area (Å²) in [5, 5.41) is 0. The molecular formula is C17H31N2O+. The molecule has 1 unspecified atom stereocenters. The number of ether oxygens (including phenoxy) is 1. The molecule has 1 aromatic heterocycles. The molecule has 1 atom stereocenters. The van der Waals surface area contributed by atoms with Crippen molar-refractivity contribution in [3.05, 3.63) is 18.2 Å². The summed E-state index contributed by atoms with van der Waals surface area (Å²) in [5.41, 5.74) is 0. The monoisotopic (exact) mass is 279 g/mol. The average molecular weight is 279 g/mol. The highest BCUT2D eigenvalue weighted by Gasteiger charge is 2.24. The van der Waals surface area contributed by atoms with Crippen LogP contribution >= 0.6 is 0 Å². The third kappa shape index (κ3) is 4.08.